The highest BCUT2D eigenvalue weighted by atomic mass is 32.1. The van der Waals surface area contributed by atoms with Crippen LogP contribution in [0.15, 0.2) is 12.4 Å². The zero-order valence-corrected chi connectivity index (χ0v) is 21.9. The molecule has 5 heterocycles. The predicted molar refractivity (Wildman–Crippen MR) is 142 cm³/mol. The summed E-state index contributed by atoms with van der Waals surface area (Å²) in [6, 6.07) is 2.02. The fourth-order valence-electron chi connectivity index (χ4n) is 4.81. The van der Waals surface area contributed by atoms with Gasteiger partial charge in [-0.15, -0.1) is 11.3 Å². The van der Waals surface area contributed by atoms with Crippen LogP contribution in [0.5, 0.6) is 0 Å². The Hall–Kier alpha value is -3.42. The van der Waals surface area contributed by atoms with Crippen molar-refractivity contribution in [2.45, 2.75) is 53.2 Å². The average Bonchev–Trinajstić information content (AvgIpc) is 3.64. The highest BCUT2D eigenvalue weighted by Crippen LogP contribution is 2.45. The van der Waals surface area contributed by atoms with Crippen molar-refractivity contribution in [1.82, 2.24) is 15.0 Å². The summed E-state index contributed by atoms with van der Waals surface area (Å²) in [5, 5.41) is 10.6. The molecule has 7 nitrogen and oxygen atoms in total. The van der Waals surface area contributed by atoms with E-state index in [9.17, 15) is 9.65 Å². The Morgan fingerprint density at radius 1 is 1.19 bits per heavy atom. The number of nitriles is 1. The number of nitrogen functional groups attached to an aromatic ring is 1. The normalized spacial score (nSPS) is 16.6. The van der Waals surface area contributed by atoms with Crippen LogP contribution in [0.1, 0.15) is 56.7 Å². The third-order valence-electron chi connectivity index (χ3n) is 6.94. The van der Waals surface area contributed by atoms with E-state index in [1.807, 2.05) is 6.07 Å². The number of hydrogen-bond acceptors (Lipinski definition) is 8. The van der Waals surface area contributed by atoms with Crippen LogP contribution in [0.25, 0.3) is 32.2 Å². The molecular weight excluding hydrogens is 494 g/mol. The van der Waals surface area contributed by atoms with Crippen LogP contribution < -0.4 is 10.6 Å². The van der Waals surface area contributed by atoms with Gasteiger partial charge >= 0.3 is 0 Å². The molecular formula is C27H28F2N6OS. The van der Waals surface area contributed by atoms with Crippen LogP contribution in [-0.2, 0) is 18.0 Å². The van der Waals surface area contributed by atoms with E-state index in [4.69, 9.17) is 10.5 Å². The predicted octanol–water partition coefficient (Wildman–Crippen LogP) is 6.32. The summed E-state index contributed by atoms with van der Waals surface area (Å²) >= 11 is 0.955. The van der Waals surface area contributed by atoms with E-state index in [0.29, 0.717) is 22.8 Å². The second-order valence-corrected chi connectivity index (χ2v) is 10.6. The number of anilines is 2. The number of benzene rings is 1. The second kappa shape index (κ2) is 10.1. The Balaban J connectivity index is 0.000000655. The molecule has 192 valence electrons. The minimum Gasteiger partial charge on any atom is -0.389 e. The van der Waals surface area contributed by atoms with Crippen molar-refractivity contribution in [2.24, 2.45) is 5.92 Å². The lowest BCUT2D eigenvalue weighted by Crippen LogP contribution is -2.21. The molecule has 2 aliphatic rings. The second-order valence-electron chi connectivity index (χ2n) is 9.52. The quantitative estimate of drug-likeness (QED) is 0.336. The van der Waals surface area contributed by atoms with Crippen LogP contribution in [0.3, 0.4) is 0 Å². The molecule has 37 heavy (non-hydrogen) atoms. The highest BCUT2D eigenvalue weighted by molar-refractivity contribution is 7.23. The summed E-state index contributed by atoms with van der Waals surface area (Å²) in [6.07, 6.45) is 6.36. The van der Waals surface area contributed by atoms with Gasteiger partial charge in [-0.25, -0.2) is 18.7 Å². The first kappa shape index (κ1) is 25.2. The number of ether oxygens (including phenoxy) is 1. The number of aromatic nitrogens is 3. The summed E-state index contributed by atoms with van der Waals surface area (Å²) in [5.74, 6) is -0.193. The minimum absolute atomic E-state index is 0.0959. The van der Waals surface area contributed by atoms with Crippen LogP contribution in [-0.4, -0.2) is 28.0 Å². The molecule has 1 aromatic carbocycles. The Morgan fingerprint density at radius 2 is 1.95 bits per heavy atom. The maximum absolute atomic E-state index is 16.2. The average molecular weight is 523 g/mol. The fourth-order valence-corrected chi connectivity index (χ4v) is 5.73. The van der Waals surface area contributed by atoms with Crippen molar-refractivity contribution in [1.29, 1.82) is 5.26 Å². The molecule has 0 saturated carbocycles. The number of pyridine rings is 1. The van der Waals surface area contributed by atoms with Crippen molar-refractivity contribution in [3.63, 3.8) is 0 Å². The molecule has 0 radical (unpaired) electrons. The number of fused-ring (bicyclic) bond motifs is 4. The Morgan fingerprint density at radius 3 is 2.62 bits per heavy atom. The van der Waals surface area contributed by atoms with Gasteiger partial charge < -0.3 is 15.4 Å². The van der Waals surface area contributed by atoms with Gasteiger partial charge in [0.05, 0.1) is 35.4 Å². The lowest BCUT2D eigenvalue weighted by atomic mass is 9.94. The van der Waals surface area contributed by atoms with Crippen molar-refractivity contribution < 1.29 is 13.5 Å². The molecule has 4 aromatic rings. The van der Waals surface area contributed by atoms with E-state index in [-0.39, 0.29) is 50.6 Å². The maximum Gasteiger partial charge on any atom is 0.225 e. The van der Waals surface area contributed by atoms with Gasteiger partial charge in [-0.1, -0.05) is 33.6 Å². The Bertz CT molecular complexity index is 1540. The summed E-state index contributed by atoms with van der Waals surface area (Å²) < 4.78 is 36.6. The van der Waals surface area contributed by atoms with E-state index in [1.165, 1.54) is 12.8 Å². The van der Waals surface area contributed by atoms with Gasteiger partial charge in [0.2, 0.25) is 5.95 Å². The first-order chi connectivity index (χ1) is 17.9. The fraction of sp³-hybridized carbons (Fsp3) is 0.407. The van der Waals surface area contributed by atoms with Crippen LogP contribution in [0.2, 0.25) is 0 Å². The van der Waals surface area contributed by atoms with E-state index < -0.39 is 11.6 Å². The van der Waals surface area contributed by atoms with Gasteiger partial charge in [0.25, 0.3) is 0 Å². The molecule has 0 spiro atoms. The number of nitrogens with two attached hydrogens (primary N) is 1. The number of unbranched alkanes of at least 4 members (excludes halogenated alkanes) is 1. The van der Waals surface area contributed by atoms with Crippen molar-refractivity contribution >= 4 is 43.3 Å². The summed E-state index contributed by atoms with van der Waals surface area (Å²) in [6.45, 7) is 8.60. The zero-order chi connectivity index (χ0) is 26.3. The summed E-state index contributed by atoms with van der Waals surface area (Å²) in [5.41, 5.74) is 7.98. The van der Waals surface area contributed by atoms with E-state index >= 15 is 4.39 Å². The maximum atomic E-state index is 16.2. The minimum atomic E-state index is -0.603. The van der Waals surface area contributed by atoms with Gasteiger partial charge in [0, 0.05) is 35.6 Å². The third kappa shape index (κ3) is 4.26. The van der Waals surface area contributed by atoms with Gasteiger partial charge in [0.15, 0.2) is 11.6 Å². The number of nitrogens with zero attached hydrogens (tertiary/aromatic N) is 5. The van der Waals surface area contributed by atoms with Crippen LogP contribution >= 0.6 is 11.3 Å². The summed E-state index contributed by atoms with van der Waals surface area (Å²) in [4.78, 5) is 15.4. The third-order valence-corrected chi connectivity index (χ3v) is 7.97. The topological polar surface area (TPSA) is 101 Å². The Labute approximate surface area is 217 Å². The van der Waals surface area contributed by atoms with E-state index in [0.717, 1.165) is 42.6 Å². The number of rotatable bonds is 3. The standard InChI is InChI=1S/C23H18F2N6OS.C4H10/c1-10-2-3-31(7-10)23-29-5-12-13-8-32-9-14(13)16(18(25)19(12)30-23)20-17-11(4-26)22(27)33-21(17)15(24)6-28-20;1-3-4-2/h5-6,10H,2-3,7-9,27H2,1H3;3-4H2,1-2H3. The molecule has 10 heteroatoms. The zero-order valence-electron chi connectivity index (χ0n) is 21.1. The molecule has 3 aromatic heterocycles. The molecule has 1 atom stereocenters. The number of halogens is 2. The monoisotopic (exact) mass is 522 g/mol. The lowest BCUT2D eigenvalue weighted by molar-refractivity contribution is 0.135. The van der Waals surface area contributed by atoms with Crippen molar-refractivity contribution in [3.8, 4) is 17.3 Å². The van der Waals surface area contributed by atoms with Gasteiger partial charge in [-0.3, -0.25) is 4.98 Å². The Kier molecular flexibility index (Phi) is 6.92. The molecule has 1 fully saturated rings. The van der Waals surface area contributed by atoms with Gasteiger partial charge in [-0.2, -0.15) is 5.26 Å². The van der Waals surface area contributed by atoms with Crippen LogP contribution in [0, 0.1) is 28.9 Å². The van der Waals surface area contributed by atoms with E-state index in [1.54, 1.807) is 6.20 Å². The molecule has 2 N–H and O–H groups in total. The highest BCUT2D eigenvalue weighted by Gasteiger charge is 2.30. The first-order valence-corrected chi connectivity index (χ1v) is 13.3. The lowest BCUT2D eigenvalue weighted by Gasteiger charge is -2.18. The number of hydrogen-bond donors (Lipinski definition) is 1. The molecule has 0 aliphatic carbocycles. The molecule has 1 saturated heterocycles. The first-order valence-electron chi connectivity index (χ1n) is 12.5. The molecule has 6 rings (SSSR count). The van der Waals surface area contributed by atoms with Crippen LogP contribution in [0.4, 0.5) is 19.7 Å². The number of thiophene rings is 1. The molecule has 0 amide bonds. The largest absolute Gasteiger partial charge is 0.389 e. The smallest absolute Gasteiger partial charge is 0.225 e. The van der Waals surface area contributed by atoms with Gasteiger partial charge in [0.1, 0.15) is 16.6 Å². The molecule has 1 unspecified atom stereocenters. The van der Waals surface area contributed by atoms with Gasteiger partial charge in [-0.05, 0) is 23.5 Å². The molecule has 0 bridgehead atoms. The van der Waals surface area contributed by atoms with E-state index in [2.05, 4.69) is 40.6 Å². The van der Waals surface area contributed by atoms with Crippen molar-refractivity contribution in [3.05, 3.63) is 40.7 Å². The van der Waals surface area contributed by atoms with Crippen molar-refractivity contribution in [2.75, 3.05) is 23.7 Å². The summed E-state index contributed by atoms with van der Waals surface area (Å²) in [7, 11) is 0. The molecule has 2 aliphatic heterocycles. The SMILES string of the molecule is CC1CCN(c2ncc3c4c(c(-c5ncc(F)c6sc(N)c(C#N)c56)c(F)c3n2)COC4)C1.CCCC.